The van der Waals surface area contributed by atoms with E-state index in [1.54, 1.807) is 0 Å². The van der Waals surface area contributed by atoms with Crippen LogP contribution in [0.15, 0.2) is 12.8 Å². The summed E-state index contributed by atoms with van der Waals surface area (Å²) in [7, 11) is 0.500. The third-order valence-electron chi connectivity index (χ3n) is 0. The zero-order valence-corrected chi connectivity index (χ0v) is 24.5. The van der Waals surface area contributed by atoms with Gasteiger partial charge in [0.25, 0.3) is 0 Å². The summed E-state index contributed by atoms with van der Waals surface area (Å²) < 4.78 is 9.50. The summed E-state index contributed by atoms with van der Waals surface area (Å²) in [6.07, 6.45) is 1.00. The summed E-state index contributed by atoms with van der Waals surface area (Å²) in [4.78, 5) is 0. The van der Waals surface area contributed by atoms with Crippen molar-refractivity contribution in [2.75, 3.05) is 7.18 Å². The largest absolute Gasteiger partial charge is 0.705 e. The molecule has 0 amide bonds. The Hall–Kier alpha value is -3.53. The first kappa shape index (κ1) is 192. The SMILES string of the molecule is C=C[NH-].CF.[Rf].[Rf].[Rf]. The van der Waals surface area contributed by atoms with E-state index in [9.17, 15) is 4.39 Å². The molecular weight excluding hydrogens is 870 g/mol. The zero-order chi connectivity index (χ0) is 4.71. The molecule has 38 valence electrons. The van der Waals surface area contributed by atoms with Crippen molar-refractivity contribution >= 4 is 0 Å². The molecule has 0 saturated heterocycles. The van der Waals surface area contributed by atoms with Gasteiger partial charge in [-0.25, -0.2) is 0 Å². The van der Waals surface area contributed by atoms with Crippen LogP contribution in [-0.4, -0.2) is 7.18 Å². The van der Waals surface area contributed by atoms with Crippen molar-refractivity contribution in [3.8, 4) is 0 Å². The van der Waals surface area contributed by atoms with Crippen LogP contribution in [0.4, 0.5) is 4.39 Å². The van der Waals surface area contributed by atoms with Crippen LogP contribution in [0.1, 0.15) is 0 Å². The van der Waals surface area contributed by atoms with E-state index in [1.165, 1.54) is 0 Å². The molecule has 8 heavy (non-hydrogen) atoms. The molecule has 0 aliphatic carbocycles. The Bertz CT molecular complexity index is 22.0. The predicted octanol–water partition coefficient (Wildman–Crippen LogP) is 1.77. The van der Waals surface area contributed by atoms with Crippen molar-refractivity contribution in [1.29, 1.82) is 0 Å². The van der Waals surface area contributed by atoms with Gasteiger partial charge in [-0.1, -0.05) is 0 Å². The molecule has 0 bridgehead atoms. The third kappa shape index (κ3) is 0.428. The van der Waals surface area contributed by atoms with Crippen molar-refractivity contribution in [1.82, 2.24) is 0 Å². The third-order valence-corrected chi connectivity index (χ3v) is 0. The average molecular weight is 877 g/mol. The van der Waals surface area contributed by atoms with Crippen molar-refractivity contribution in [2.45, 2.75) is 0 Å². The molecule has 0 aliphatic heterocycles. The monoisotopic (exact) mass is 877 g/mol. The van der Waals surface area contributed by atoms with Crippen LogP contribution in [-0.2, 0) is 0 Å². The van der Waals surface area contributed by atoms with Crippen LogP contribution in [0.5, 0.6) is 0 Å². The van der Waals surface area contributed by atoms with Crippen molar-refractivity contribution in [3.05, 3.63) is 18.5 Å². The van der Waals surface area contributed by atoms with Gasteiger partial charge in [-0.15, -0.1) is 6.58 Å². The zero-order valence-electron chi connectivity index (χ0n) is 5.28. The number of alkyl halides is 1. The van der Waals surface area contributed by atoms with Crippen molar-refractivity contribution < 1.29 is 4.39 Å². The molecule has 1 N–H and O–H groups in total. The maximum Gasteiger partial charge on any atom is 0.0785 e. The van der Waals surface area contributed by atoms with Gasteiger partial charge in [0, 0.05) is 0 Å². The fraction of sp³-hybridized carbons (Fsp3) is 0.333. The van der Waals surface area contributed by atoms with E-state index < -0.39 is 0 Å². The first-order valence-electron chi connectivity index (χ1n) is 1.07. The topological polar surface area (TPSA) is 23.8 Å². The maximum absolute atomic E-state index is 9.50. The normalized spacial score (nSPS) is 2.25. The van der Waals surface area contributed by atoms with E-state index in [4.69, 9.17) is 5.73 Å². The van der Waals surface area contributed by atoms with Gasteiger partial charge in [0.1, 0.15) is 0 Å². The van der Waals surface area contributed by atoms with Gasteiger partial charge in [-0.2, -0.15) is 6.20 Å². The van der Waals surface area contributed by atoms with Crippen LogP contribution in [0.2, 0.25) is 0 Å². The Balaban J connectivity index is -0.00000000567. The summed E-state index contributed by atoms with van der Waals surface area (Å²) in [6.45, 7) is 3.03. The molecule has 0 aromatic heterocycles. The van der Waals surface area contributed by atoms with Crippen LogP contribution < -0.4 is 0 Å². The predicted molar refractivity (Wildman–Crippen MR) is 21.6 cm³/mol. The van der Waals surface area contributed by atoms with Crippen LogP contribution in [0, 0.1) is 0 Å². The Morgan fingerprint density at radius 3 is 1.25 bits per heavy atom. The minimum atomic E-state index is 0. The van der Waals surface area contributed by atoms with Gasteiger partial charge < -0.3 is 5.73 Å². The molecule has 0 aliphatic rings. The maximum atomic E-state index is 9.50. The number of nitrogens with one attached hydrogen (secondary N) is 1. The van der Waals surface area contributed by atoms with Gasteiger partial charge in [0.2, 0.25) is 0 Å². The molecule has 0 aromatic rings. The fourth-order valence-electron chi connectivity index (χ4n) is 0. The van der Waals surface area contributed by atoms with E-state index in [-0.39, 0.29) is 0 Å². The first-order chi connectivity index (χ1) is 2.41. The Morgan fingerprint density at radius 2 is 1.25 bits per heavy atom. The number of hydrogen-bond donors (Lipinski definition) is 0. The first-order valence-corrected chi connectivity index (χ1v) is 1.07. The minimum Gasteiger partial charge on any atom is -0.705 e. The van der Waals surface area contributed by atoms with E-state index in [0.29, 0.717) is 7.18 Å². The van der Waals surface area contributed by atoms with Crippen LogP contribution in [0.3, 0.4) is 0 Å². The molecule has 0 aromatic carbocycles. The molecule has 0 heterocycles. The second-order valence-electron chi connectivity index (χ2n) is 0.204. The molecule has 0 atom stereocenters. The molecule has 0 saturated carbocycles. The average Bonchev–Trinajstić information content (AvgIpc) is 1.46. The number of rotatable bonds is 0. The van der Waals surface area contributed by atoms with Gasteiger partial charge in [-0.05, 0) is 0 Å². The molecule has 0 fully saturated rings. The van der Waals surface area contributed by atoms with Gasteiger partial charge in [0.05, 0.1) is 7.18 Å². The van der Waals surface area contributed by atoms with Gasteiger partial charge >= 0.3 is 0 Å². The number of halogens is 1. The smallest absolute Gasteiger partial charge is 0.0785 e. The van der Waals surface area contributed by atoms with Gasteiger partial charge in [0.15, 0.2) is 0 Å². The van der Waals surface area contributed by atoms with Crippen LogP contribution >= 0.6 is 0 Å². The number of hydrogen-bond acceptors (Lipinski definition) is 0. The molecule has 0 rings (SSSR count). The Kier molecular flexibility index (Phi) is 79.2. The molecule has 1 nitrogen and oxygen atoms in total. The Morgan fingerprint density at radius 1 is 1.25 bits per heavy atom. The fourth-order valence-corrected chi connectivity index (χ4v) is 0. The summed E-state index contributed by atoms with van der Waals surface area (Å²) in [5.41, 5.74) is 5.97. The van der Waals surface area contributed by atoms with Crippen LogP contribution in [0.25, 0.3) is 5.73 Å². The molecule has 0 spiro atoms. The van der Waals surface area contributed by atoms with E-state index in [1.807, 2.05) is 0 Å². The summed E-state index contributed by atoms with van der Waals surface area (Å²) in [5.74, 6) is 0. The molecular formula is C3H7FNRf3-. The molecule has 5 heteroatoms. The van der Waals surface area contributed by atoms with Crippen molar-refractivity contribution in [2.24, 2.45) is 0 Å². The molecule has 0 unspecified atom stereocenters. The summed E-state index contributed by atoms with van der Waals surface area (Å²) in [6, 6.07) is 0. The Labute approximate surface area is 31.3 Å². The standard InChI is InChI=1S/C2H4N.CH3F.3Rf/c1-2-3;1-2;;;/h2-3H,1H2;1H3;;;/q-1;;;;. The summed E-state index contributed by atoms with van der Waals surface area (Å²) in [5, 5.41) is 0. The second kappa shape index (κ2) is 3.31. The minimum absolute atomic E-state index is 0. The summed E-state index contributed by atoms with van der Waals surface area (Å²) >= 11 is 0. The van der Waals surface area contributed by atoms with Crippen molar-refractivity contribution in [3.63, 3.8) is 0 Å². The quantitative estimate of drug-likeness (QED) is 0.355. The van der Waals surface area contributed by atoms with E-state index >= 15 is 0 Å². The van der Waals surface area contributed by atoms with Gasteiger partial charge in [-0.3, -0.25) is 4.39 Å². The molecule has 0 radical (unpaired) electrons. The van der Waals surface area contributed by atoms with E-state index in [2.05, 4.69) is 6.58 Å². The van der Waals surface area contributed by atoms with E-state index in [0.717, 1.165) is 6.20 Å². The second-order valence-corrected chi connectivity index (χ2v) is 0.204.